The van der Waals surface area contributed by atoms with Crippen LogP contribution in [0.5, 0.6) is 0 Å². The molecule has 4 rings (SSSR count). The number of aromatic nitrogens is 1. The van der Waals surface area contributed by atoms with Gasteiger partial charge in [-0.3, -0.25) is 9.59 Å². The molecule has 31 heavy (non-hydrogen) atoms. The van der Waals surface area contributed by atoms with Crippen molar-refractivity contribution < 1.29 is 14.3 Å². The summed E-state index contributed by atoms with van der Waals surface area (Å²) in [6.07, 6.45) is 0.0388. The second-order valence-electron chi connectivity index (χ2n) is 6.50. The number of carbonyl (C=O) groups is 2. The molecule has 4 aromatic rings. The largest absolute Gasteiger partial charge is 0.455 e. The first-order valence-corrected chi connectivity index (χ1v) is 11.5. The van der Waals surface area contributed by atoms with Gasteiger partial charge in [-0.1, -0.05) is 60.1 Å². The summed E-state index contributed by atoms with van der Waals surface area (Å²) >= 11 is 9.05. The fourth-order valence-corrected chi connectivity index (χ4v) is 4.91. The highest BCUT2D eigenvalue weighted by atomic mass is 35.5. The van der Waals surface area contributed by atoms with Gasteiger partial charge in [-0.15, -0.1) is 22.7 Å². The Morgan fingerprint density at radius 2 is 1.77 bits per heavy atom. The highest BCUT2D eigenvalue weighted by molar-refractivity contribution is 7.17. The maximum atomic E-state index is 12.5. The van der Waals surface area contributed by atoms with Crippen molar-refractivity contribution in [3.63, 3.8) is 0 Å². The van der Waals surface area contributed by atoms with Crippen LogP contribution in [0.25, 0.3) is 21.1 Å². The van der Waals surface area contributed by atoms with Gasteiger partial charge >= 0.3 is 5.97 Å². The topological polar surface area (TPSA) is 68.3 Å². The average molecular weight is 469 g/mol. The van der Waals surface area contributed by atoms with Gasteiger partial charge in [-0.2, -0.15) is 0 Å². The summed E-state index contributed by atoms with van der Waals surface area (Å²) < 4.78 is 5.20. The molecule has 8 heteroatoms. The Balaban J connectivity index is 1.44. The van der Waals surface area contributed by atoms with E-state index in [1.807, 2.05) is 47.8 Å². The van der Waals surface area contributed by atoms with Crippen molar-refractivity contribution >= 4 is 51.8 Å². The predicted octanol–water partition coefficient (Wildman–Crippen LogP) is 5.92. The molecule has 0 bridgehead atoms. The van der Waals surface area contributed by atoms with E-state index in [0.717, 1.165) is 26.0 Å². The highest BCUT2D eigenvalue weighted by Crippen LogP contribution is 2.36. The summed E-state index contributed by atoms with van der Waals surface area (Å²) in [6, 6.07) is 20.6. The number of benzene rings is 2. The number of thiazole rings is 1. The zero-order valence-electron chi connectivity index (χ0n) is 16.2. The minimum absolute atomic E-state index is 0.0388. The standard InChI is InChI=1S/C23H17ClN2O3S2/c24-16-9-4-5-10-17(16)25-20(27)14-29-21(28)13-19-22(18-11-6-12-30-18)26-23(31-19)15-7-2-1-3-8-15/h1-12H,13-14H2,(H,25,27). The number of esters is 1. The van der Waals surface area contributed by atoms with Crippen LogP contribution in [0.1, 0.15) is 4.88 Å². The molecule has 156 valence electrons. The van der Waals surface area contributed by atoms with Gasteiger partial charge in [0, 0.05) is 10.4 Å². The zero-order valence-corrected chi connectivity index (χ0v) is 18.6. The number of thiophene rings is 1. The minimum Gasteiger partial charge on any atom is -0.455 e. The van der Waals surface area contributed by atoms with E-state index in [-0.39, 0.29) is 13.0 Å². The summed E-state index contributed by atoms with van der Waals surface area (Å²) in [5, 5.41) is 5.86. The monoisotopic (exact) mass is 468 g/mol. The van der Waals surface area contributed by atoms with E-state index < -0.39 is 11.9 Å². The maximum Gasteiger partial charge on any atom is 0.311 e. The molecule has 2 aromatic heterocycles. The zero-order chi connectivity index (χ0) is 21.6. The van der Waals surface area contributed by atoms with E-state index in [2.05, 4.69) is 5.32 Å². The van der Waals surface area contributed by atoms with E-state index in [1.54, 1.807) is 35.6 Å². The van der Waals surface area contributed by atoms with E-state index >= 15 is 0 Å². The molecule has 2 aromatic carbocycles. The van der Waals surface area contributed by atoms with Crippen LogP contribution >= 0.6 is 34.3 Å². The van der Waals surface area contributed by atoms with Gasteiger partial charge in [-0.05, 0) is 23.6 Å². The minimum atomic E-state index is -0.490. The number of nitrogens with one attached hydrogen (secondary N) is 1. The van der Waals surface area contributed by atoms with E-state index in [0.29, 0.717) is 10.7 Å². The molecule has 1 amide bonds. The number of amides is 1. The molecular weight excluding hydrogens is 452 g/mol. The van der Waals surface area contributed by atoms with Crippen LogP contribution in [-0.2, 0) is 20.7 Å². The van der Waals surface area contributed by atoms with Crippen LogP contribution in [0.4, 0.5) is 5.69 Å². The van der Waals surface area contributed by atoms with Crippen molar-refractivity contribution in [3.05, 3.63) is 82.0 Å². The summed E-state index contributed by atoms with van der Waals surface area (Å²) in [7, 11) is 0. The lowest BCUT2D eigenvalue weighted by Gasteiger charge is -2.07. The molecule has 0 aliphatic heterocycles. The number of carbonyl (C=O) groups excluding carboxylic acids is 2. The third kappa shape index (κ3) is 5.38. The molecule has 0 aliphatic rings. The number of anilines is 1. The van der Waals surface area contributed by atoms with Crippen LogP contribution in [0.15, 0.2) is 72.1 Å². The summed E-state index contributed by atoms with van der Waals surface area (Å²) in [5.74, 6) is -0.940. The molecule has 0 saturated heterocycles. The number of halogens is 1. The molecule has 0 atom stereocenters. The first-order chi connectivity index (χ1) is 15.1. The van der Waals surface area contributed by atoms with E-state index in [4.69, 9.17) is 21.3 Å². The molecule has 0 unspecified atom stereocenters. The molecular formula is C23H17ClN2O3S2. The van der Waals surface area contributed by atoms with Crippen LogP contribution < -0.4 is 5.32 Å². The normalized spacial score (nSPS) is 10.6. The van der Waals surface area contributed by atoms with Crippen LogP contribution in [0.2, 0.25) is 5.02 Å². The Morgan fingerprint density at radius 3 is 2.52 bits per heavy atom. The second-order valence-corrected chi connectivity index (χ2v) is 8.94. The average Bonchev–Trinajstić information content (AvgIpc) is 3.45. The lowest BCUT2D eigenvalue weighted by Crippen LogP contribution is -2.21. The Hall–Kier alpha value is -3.00. The molecule has 0 aliphatic carbocycles. The molecule has 1 N–H and O–H groups in total. The van der Waals surface area contributed by atoms with Gasteiger partial charge in [0.05, 0.1) is 27.7 Å². The number of para-hydroxylation sites is 1. The van der Waals surface area contributed by atoms with Gasteiger partial charge in [0.15, 0.2) is 6.61 Å². The molecule has 2 heterocycles. The second kappa shape index (κ2) is 9.87. The maximum absolute atomic E-state index is 12.5. The summed E-state index contributed by atoms with van der Waals surface area (Å²) in [6.45, 7) is -0.386. The number of ether oxygens (including phenoxy) is 1. The lowest BCUT2D eigenvalue weighted by molar-refractivity contribution is -0.146. The van der Waals surface area contributed by atoms with Gasteiger partial charge in [-0.25, -0.2) is 4.98 Å². The van der Waals surface area contributed by atoms with E-state index in [1.165, 1.54) is 11.3 Å². The van der Waals surface area contributed by atoms with Crippen molar-refractivity contribution in [2.75, 3.05) is 11.9 Å². The SMILES string of the molecule is O=C(COC(=O)Cc1sc(-c2ccccc2)nc1-c1cccs1)Nc1ccccc1Cl. The predicted molar refractivity (Wildman–Crippen MR) is 126 cm³/mol. The Bertz CT molecular complexity index is 1190. The molecule has 0 saturated carbocycles. The molecule has 0 radical (unpaired) electrons. The number of hydrogen-bond donors (Lipinski definition) is 1. The van der Waals surface area contributed by atoms with Crippen molar-refractivity contribution in [2.24, 2.45) is 0 Å². The smallest absolute Gasteiger partial charge is 0.311 e. The highest BCUT2D eigenvalue weighted by Gasteiger charge is 2.19. The van der Waals surface area contributed by atoms with Crippen LogP contribution in [0, 0.1) is 0 Å². The van der Waals surface area contributed by atoms with Crippen LogP contribution in [0.3, 0.4) is 0 Å². The Kier molecular flexibility index (Phi) is 6.76. The van der Waals surface area contributed by atoms with Crippen molar-refractivity contribution in [1.29, 1.82) is 0 Å². The third-order valence-electron chi connectivity index (χ3n) is 4.29. The number of nitrogens with zero attached hydrogens (tertiary/aromatic N) is 1. The van der Waals surface area contributed by atoms with Crippen molar-refractivity contribution in [1.82, 2.24) is 4.98 Å². The van der Waals surface area contributed by atoms with Crippen molar-refractivity contribution in [3.8, 4) is 21.1 Å². The molecule has 0 spiro atoms. The van der Waals surface area contributed by atoms with E-state index in [9.17, 15) is 9.59 Å². The van der Waals surface area contributed by atoms with Crippen molar-refractivity contribution in [2.45, 2.75) is 6.42 Å². The van der Waals surface area contributed by atoms with Gasteiger partial charge in [0.2, 0.25) is 0 Å². The van der Waals surface area contributed by atoms with Gasteiger partial charge < -0.3 is 10.1 Å². The first kappa shape index (κ1) is 21.2. The fourth-order valence-electron chi connectivity index (χ4n) is 2.86. The third-order valence-corrected chi connectivity index (χ3v) is 6.60. The fraction of sp³-hybridized carbons (Fsp3) is 0.0870. The number of rotatable bonds is 7. The molecule has 5 nitrogen and oxygen atoms in total. The van der Waals surface area contributed by atoms with Gasteiger partial charge in [0.25, 0.3) is 5.91 Å². The lowest BCUT2D eigenvalue weighted by atomic mass is 10.2. The summed E-state index contributed by atoms with van der Waals surface area (Å²) in [5.41, 5.74) is 2.24. The molecule has 0 fully saturated rings. The number of hydrogen-bond acceptors (Lipinski definition) is 6. The quantitative estimate of drug-likeness (QED) is 0.342. The Morgan fingerprint density at radius 1 is 1.00 bits per heavy atom. The first-order valence-electron chi connectivity index (χ1n) is 9.39. The van der Waals surface area contributed by atoms with Crippen LogP contribution in [-0.4, -0.2) is 23.5 Å². The Labute approximate surface area is 192 Å². The summed E-state index contributed by atoms with van der Waals surface area (Å²) in [4.78, 5) is 31.1. The van der Waals surface area contributed by atoms with Gasteiger partial charge in [0.1, 0.15) is 5.01 Å².